The van der Waals surface area contributed by atoms with Crippen LogP contribution >= 0.6 is 11.6 Å². The van der Waals surface area contributed by atoms with Crippen LogP contribution in [0, 0.1) is 10.8 Å². The van der Waals surface area contributed by atoms with Gasteiger partial charge in [-0.25, -0.2) is 0 Å². The van der Waals surface area contributed by atoms with Crippen LogP contribution < -0.4 is 4.90 Å². The number of rotatable bonds is 2. The Morgan fingerprint density at radius 1 is 0.900 bits per heavy atom. The maximum absolute atomic E-state index is 14.5. The molecular weight excluding hydrogens is 539 g/mol. The Morgan fingerprint density at radius 3 is 2.05 bits per heavy atom. The molecule has 4 nitrogen and oxygen atoms in total. The molecule has 2 aliphatic heterocycles. The van der Waals surface area contributed by atoms with Gasteiger partial charge < -0.3 is 4.90 Å². The normalized spacial score (nSPS) is 22.9. The monoisotopic (exact) mass is 563 g/mol. The minimum Gasteiger partial charge on any atom is -0.352 e. The number of Topliss-reactive ketones (excluding diaryl/α,β-unsaturated/α-hetero) is 3. The van der Waals surface area contributed by atoms with E-state index in [1.165, 1.54) is 12.1 Å². The van der Waals surface area contributed by atoms with Crippen molar-refractivity contribution in [3.63, 3.8) is 0 Å². The third kappa shape index (κ3) is 3.56. The zero-order chi connectivity index (χ0) is 28.8. The Kier molecular flexibility index (Phi) is 5.73. The maximum atomic E-state index is 14.5. The standard InChI is InChI=1S/C32H25ClF3NO3/c1-30(2,3)29(40)26-25(17-8-11-19(12-9-17)32(34,35)36)31(27(38)21-6-4-5-7-22(21)28(31)39)24-15-10-18-16-20(33)13-14-23(18)37(24)26/h4-16,24-26H,1-3H3/t24-,25-,26-/m0/s1. The molecule has 0 aromatic heterocycles. The summed E-state index contributed by atoms with van der Waals surface area (Å²) in [5, 5.41) is 0.481. The van der Waals surface area contributed by atoms with Crippen molar-refractivity contribution >= 4 is 40.7 Å². The molecule has 204 valence electrons. The van der Waals surface area contributed by atoms with Crippen LogP contribution in [0.3, 0.4) is 0 Å². The van der Waals surface area contributed by atoms with Crippen molar-refractivity contribution in [1.29, 1.82) is 0 Å². The predicted octanol–water partition coefficient (Wildman–Crippen LogP) is 7.41. The SMILES string of the molecule is CC(C)(C)C(=O)[C@@H]1[C@H](c2ccc(C(F)(F)F)cc2)C2(C(=O)c3ccccc3C2=O)[C@@H]2C=Cc3cc(Cl)ccc3N12. The minimum absolute atomic E-state index is 0.230. The fraction of sp³-hybridized carbons (Fsp3) is 0.281. The summed E-state index contributed by atoms with van der Waals surface area (Å²) in [6.45, 7) is 5.28. The lowest BCUT2D eigenvalue weighted by atomic mass is 9.63. The number of halogens is 4. The summed E-state index contributed by atoms with van der Waals surface area (Å²) < 4.78 is 40.5. The quantitative estimate of drug-likeness (QED) is 0.305. The molecule has 1 saturated heterocycles. The molecule has 2 heterocycles. The van der Waals surface area contributed by atoms with Gasteiger partial charge in [-0.1, -0.05) is 80.9 Å². The van der Waals surface area contributed by atoms with Crippen LogP contribution in [0.1, 0.15) is 64.1 Å². The highest BCUT2D eigenvalue weighted by molar-refractivity contribution is 6.32. The molecule has 0 unspecified atom stereocenters. The van der Waals surface area contributed by atoms with Crippen molar-refractivity contribution < 1.29 is 27.6 Å². The number of carbonyl (C=O) groups excluding carboxylic acids is 3. The second kappa shape index (κ2) is 8.64. The van der Waals surface area contributed by atoms with E-state index in [1.807, 2.05) is 4.90 Å². The van der Waals surface area contributed by atoms with Gasteiger partial charge in [0.05, 0.1) is 17.6 Å². The molecule has 0 amide bonds. The van der Waals surface area contributed by atoms with Gasteiger partial charge >= 0.3 is 6.18 Å². The van der Waals surface area contributed by atoms with Crippen LogP contribution in [-0.2, 0) is 11.0 Å². The maximum Gasteiger partial charge on any atom is 0.416 e. The fourth-order valence-corrected chi connectivity index (χ4v) is 6.82. The van der Waals surface area contributed by atoms with Crippen LogP contribution in [0.5, 0.6) is 0 Å². The smallest absolute Gasteiger partial charge is 0.352 e. The molecule has 1 spiro atoms. The first kappa shape index (κ1) is 26.5. The molecule has 1 fully saturated rings. The van der Waals surface area contributed by atoms with Gasteiger partial charge in [0.25, 0.3) is 0 Å². The van der Waals surface area contributed by atoms with Crippen molar-refractivity contribution in [3.05, 3.63) is 106 Å². The topological polar surface area (TPSA) is 54.5 Å². The Balaban J connectivity index is 1.67. The molecule has 0 radical (unpaired) electrons. The predicted molar refractivity (Wildman–Crippen MR) is 147 cm³/mol. The second-order valence-electron chi connectivity index (χ2n) is 11.6. The zero-order valence-corrected chi connectivity index (χ0v) is 22.7. The Labute approximate surface area is 234 Å². The van der Waals surface area contributed by atoms with Crippen molar-refractivity contribution in [2.75, 3.05) is 4.90 Å². The minimum atomic E-state index is -4.57. The Hall–Kier alpha value is -3.71. The number of anilines is 1. The van der Waals surface area contributed by atoms with Gasteiger partial charge in [-0.2, -0.15) is 13.2 Å². The summed E-state index contributed by atoms with van der Waals surface area (Å²) in [7, 11) is 0. The lowest BCUT2D eigenvalue weighted by Gasteiger charge is -2.38. The zero-order valence-electron chi connectivity index (χ0n) is 21.9. The van der Waals surface area contributed by atoms with E-state index in [9.17, 15) is 27.6 Å². The van der Waals surface area contributed by atoms with E-state index in [-0.39, 0.29) is 16.9 Å². The molecule has 1 aliphatic carbocycles. The van der Waals surface area contributed by atoms with E-state index in [0.717, 1.165) is 12.1 Å². The Morgan fingerprint density at radius 2 is 1.50 bits per heavy atom. The number of hydrogen-bond acceptors (Lipinski definition) is 4. The number of benzene rings is 3. The lowest BCUT2D eigenvalue weighted by molar-refractivity contribution is -0.137. The molecule has 3 atom stereocenters. The number of alkyl halides is 3. The Bertz CT molecular complexity index is 1580. The van der Waals surface area contributed by atoms with Gasteiger partial charge in [-0.15, -0.1) is 0 Å². The van der Waals surface area contributed by atoms with Crippen LogP contribution in [0.25, 0.3) is 6.08 Å². The van der Waals surface area contributed by atoms with Crippen LogP contribution in [0.2, 0.25) is 5.02 Å². The third-order valence-electron chi connectivity index (χ3n) is 8.37. The molecule has 0 saturated carbocycles. The summed E-state index contributed by atoms with van der Waals surface area (Å²) in [5.41, 5.74) is -1.33. The van der Waals surface area contributed by atoms with Crippen molar-refractivity contribution in [2.24, 2.45) is 10.8 Å². The molecule has 0 N–H and O–H groups in total. The largest absolute Gasteiger partial charge is 0.416 e. The molecule has 3 aromatic rings. The fourth-order valence-electron chi connectivity index (χ4n) is 6.64. The van der Waals surface area contributed by atoms with E-state index in [4.69, 9.17) is 11.6 Å². The number of ketones is 3. The first-order chi connectivity index (χ1) is 18.8. The van der Waals surface area contributed by atoms with Crippen molar-refractivity contribution in [3.8, 4) is 0 Å². The van der Waals surface area contributed by atoms with E-state index >= 15 is 0 Å². The number of hydrogen-bond donors (Lipinski definition) is 0. The lowest BCUT2D eigenvalue weighted by Crippen LogP contribution is -2.49. The van der Waals surface area contributed by atoms with Gasteiger partial charge in [-0.3, -0.25) is 14.4 Å². The number of fused-ring (bicyclic) bond motifs is 5. The van der Waals surface area contributed by atoms with E-state index < -0.39 is 52.1 Å². The molecule has 3 aromatic carbocycles. The summed E-state index contributed by atoms with van der Waals surface area (Å²) in [5.74, 6) is -2.14. The molecule has 3 aliphatic rings. The number of carbonyl (C=O) groups is 3. The highest BCUT2D eigenvalue weighted by Gasteiger charge is 2.71. The summed E-state index contributed by atoms with van der Waals surface area (Å²) in [4.78, 5) is 45.1. The highest BCUT2D eigenvalue weighted by Crippen LogP contribution is 2.61. The van der Waals surface area contributed by atoms with Gasteiger partial charge in [-0.05, 0) is 41.5 Å². The first-order valence-corrected chi connectivity index (χ1v) is 13.3. The summed E-state index contributed by atoms with van der Waals surface area (Å²) in [6.07, 6.45) is -1.02. The molecule has 8 heteroatoms. The van der Waals surface area contributed by atoms with Crippen molar-refractivity contribution in [1.82, 2.24) is 0 Å². The average molecular weight is 564 g/mol. The summed E-state index contributed by atoms with van der Waals surface area (Å²) in [6, 6.07) is 14.3. The second-order valence-corrected chi connectivity index (χ2v) is 12.1. The van der Waals surface area contributed by atoms with Crippen LogP contribution in [-0.4, -0.2) is 29.4 Å². The van der Waals surface area contributed by atoms with Crippen LogP contribution in [0.4, 0.5) is 18.9 Å². The first-order valence-electron chi connectivity index (χ1n) is 12.9. The van der Waals surface area contributed by atoms with Gasteiger partial charge in [0, 0.05) is 33.2 Å². The number of nitrogens with zero attached hydrogens (tertiary/aromatic N) is 1. The molecule has 40 heavy (non-hydrogen) atoms. The summed E-state index contributed by atoms with van der Waals surface area (Å²) >= 11 is 6.28. The van der Waals surface area contributed by atoms with Crippen molar-refractivity contribution in [2.45, 2.75) is 44.9 Å². The molecule has 0 bridgehead atoms. The van der Waals surface area contributed by atoms with E-state index in [0.29, 0.717) is 21.8 Å². The molecule has 6 rings (SSSR count). The van der Waals surface area contributed by atoms with E-state index in [1.54, 1.807) is 75.4 Å². The van der Waals surface area contributed by atoms with Gasteiger partial charge in [0.1, 0.15) is 5.41 Å². The van der Waals surface area contributed by atoms with Gasteiger partial charge in [0.15, 0.2) is 17.3 Å². The van der Waals surface area contributed by atoms with E-state index in [2.05, 4.69) is 0 Å². The third-order valence-corrected chi connectivity index (χ3v) is 8.61. The van der Waals surface area contributed by atoms with Gasteiger partial charge in [0.2, 0.25) is 0 Å². The highest BCUT2D eigenvalue weighted by atomic mass is 35.5. The average Bonchev–Trinajstić information content (AvgIpc) is 3.33. The molecular formula is C32H25ClF3NO3. The van der Waals surface area contributed by atoms with Crippen LogP contribution in [0.15, 0.2) is 72.8 Å².